The third-order valence-electron chi connectivity index (χ3n) is 5.43. The first kappa shape index (κ1) is 20.9. The Bertz CT molecular complexity index is 991. The molecule has 1 aliphatic heterocycles. The van der Waals surface area contributed by atoms with E-state index in [1.54, 1.807) is 26.4 Å². The lowest BCUT2D eigenvalue weighted by Crippen LogP contribution is -2.49. The van der Waals surface area contributed by atoms with Gasteiger partial charge in [-0.2, -0.15) is 0 Å². The first-order valence-electron chi connectivity index (χ1n) is 10.3. The first-order valence-corrected chi connectivity index (χ1v) is 10.3. The van der Waals surface area contributed by atoms with E-state index in [0.717, 1.165) is 25.2 Å². The summed E-state index contributed by atoms with van der Waals surface area (Å²) < 4.78 is 16.6. The monoisotopic (exact) mass is 422 g/mol. The number of ether oxygens (including phenoxy) is 2. The van der Waals surface area contributed by atoms with Crippen molar-refractivity contribution >= 4 is 5.91 Å². The molecule has 8 heteroatoms. The average Bonchev–Trinajstić information content (AvgIpc) is 3.32. The fourth-order valence-corrected chi connectivity index (χ4v) is 3.70. The minimum Gasteiger partial charge on any atom is -0.496 e. The van der Waals surface area contributed by atoms with E-state index in [0.29, 0.717) is 48.4 Å². The van der Waals surface area contributed by atoms with Crippen molar-refractivity contribution in [2.24, 2.45) is 0 Å². The Morgan fingerprint density at radius 3 is 2.26 bits per heavy atom. The van der Waals surface area contributed by atoms with Crippen molar-refractivity contribution in [1.82, 2.24) is 20.0 Å². The van der Waals surface area contributed by atoms with Gasteiger partial charge < -0.3 is 18.8 Å². The largest absolute Gasteiger partial charge is 0.496 e. The third-order valence-corrected chi connectivity index (χ3v) is 5.43. The topological polar surface area (TPSA) is 80.9 Å². The molecular weight excluding hydrogens is 396 g/mol. The molecule has 0 spiro atoms. The number of piperazine rings is 1. The second-order valence-electron chi connectivity index (χ2n) is 7.29. The van der Waals surface area contributed by atoms with E-state index in [2.05, 4.69) is 15.1 Å². The molecule has 31 heavy (non-hydrogen) atoms. The molecule has 0 bridgehead atoms. The Labute approximate surface area is 181 Å². The molecule has 2 aromatic carbocycles. The van der Waals surface area contributed by atoms with E-state index in [1.165, 1.54) is 0 Å². The summed E-state index contributed by atoms with van der Waals surface area (Å²) in [7, 11) is 3.12. The Morgan fingerprint density at radius 2 is 1.61 bits per heavy atom. The molecule has 1 amide bonds. The molecule has 1 saturated heterocycles. The van der Waals surface area contributed by atoms with Crippen LogP contribution in [-0.4, -0.2) is 72.8 Å². The first-order chi connectivity index (χ1) is 15.2. The third kappa shape index (κ3) is 4.69. The fourth-order valence-electron chi connectivity index (χ4n) is 3.70. The molecule has 0 radical (unpaired) electrons. The zero-order valence-corrected chi connectivity index (χ0v) is 17.8. The number of benzene rings is 2. The van der Waals surface area contributed by atoms with Gasteiger partial charge in [0.25, 0.3) is 5.91 Å². The molecule has 3 aromatic rings. The van der Waals surface area contributed by atoms with Crippen LogP contribution in [0, 0.1) is 0 Å². The average molecular weight is 422 g/mol. The Kier molecular flexibility index (Phi) is 6.47. The highest BCUT2D eigenvalue weighted by Gasteiger charge is 2.27. The van der Waals surface area contributed by atoms with Crippen LogP contribution in [0.25, 0.3) is 11.5 Å². The second-order valence-corrected chi connectivity index (χ2v) is 7.29. The van der Waals surface area contributed by atoms with Crippen LogP contribution < -0.4 is 9.47 Å². The van der Waals surface area contributed by atoms with E-state index in [1.807, 2.05) is 41.3 Å². The summed E-state index contributed by atoms with van der Waals surface area (Å²) in [5.74, 6) is 2.14. The summed E-state index contributed by atoms with van der Waals surface area (Å²) in [6, 6.07) is 15.1. The van der Waals surface area contributed by atoms with Crippen LogP contribution in [0.2, 0.25) is 0 Å². The Balaban J connectivity index is 1.32. The predicted octanol–water partition coefficient (Wildman–Crippen LogP) is 2.75. The van der Waals surface area contributed by atoms with Crippen LogP contribution in [0.4, 0.5) is 0 Å². The van der Waals surface area contributed by atoms with Gasteiger partial charge in [-0.1, -0.05) is 24.3 Å². The number of hydrogen-bond donors (Lipinski definition) is 0. The summed E-state index contributed by atoms with van der Waals surface area (Å²) in [4.78, 5) is 17.2. The van der Waals surface area contributed by atoms with E-state index >= 15 is 0 Å². The van der Waals surface area contributed by atoms with Crippen LogP contribution in [-0.2, 0) is 6.42 Å². The number of aromatic nitrogens is 2. The van der Waals surface area contributed by atoms with Crippen molar-refractivity contribution in [3.63, 3.8) is 0 Å². The zero-order chi connectivity index (χ0) is 21.6. The summed E-state index contributed by atoms with van der Waals surface area (Å²) in [5, 5.41) is 8.30. The summed E-state index contributed by atoms with van der Waals surface area (Å²) in [6.45, 7) is 3.64. The van der Waals surface area contributed by atoms with Gasteiger partial charge in [0.2, 0.25) is 11.8 Å². The fraction of sp³-hybridized carbons (Fsp3) is 0.348. The summed E-state index contributed by atoms with van der Waals surface area (Å²) in [5.41, 5.74) is 1.39. The normalized spacial score (nSPS) is 14.5. The van der Waals surface area contributed by atoms with Crippen molar-refractivity contribution < 1.29 is 18.7 Å². The van der Waals surface area contributed by atoms with E-state index in [9.17, 15) is 4.79 Å². The summed E-state index contributed by atoms with van der Waals surface area (Å²) >= 11 is 0. The van der Waals surface area contributed by atoms with Crippen LogP contribution in [0.1, 0.15) is 16.2 Å². The molecule has 0 unspecified atom stereocenters. The van der Waals surface area contributed by atoms with Gasteiger partial charge in [0.1, 0.15) is 17.1 Å². The molecule has 1 aromatic heterocycles. The lowest BCUT2D eigenvalue weighted by atomic mass is 10.1. The highest BCUT2D eigenvalue weighted by atomic mass is 16.5. The maximum absolute atomic E-state index is 13.1. The molecule has 1 fully saturated rings. The molecule has 8 nitrogen and oxygen atoms in total. The molecule has 0 atom stereocenters. The van der Waals surface area contributed by atoms with Gasteiger partial charge in [0.05, 0.1) is 14.2 Å². The minimum absolute atomic E-state index is 0.0710. The maximum Gasteiger partial charge on any atom is 0.261 e. The molecule has 0 N–H and O–H groups in total. The number of nitrogens with zero attached hydrogens (tertiary/aromatic N) is 4. The SMILES string of the molecule is COc1cccc(OC)c1C(=O)N1CCN(CCc2nnc(-c3ccccc3)o2)CC1. The maximum atomic E-state index is 13.1. The standard InChI is InChI=1S/C23H26N4O4/c1-29-18-9-6-10-19(30-2)21(18)23(28)27-15-13-26(14-16-27)12-11-20-24-25-22(31-20)17-7-4-3-5-8-17/h3-10H,11-16H2,1-2H3. The number of amides is 1. The van der Waals surface area contributed by atoms with E-state index < -0.39 is 0 Å². The molecular formula is C23H26N4O4. The number of methoxy groups -OCH3 is 2. The van der Waals surface area contributed by atoms with Gasteiger partial charge in [0, 0.05) is 44.7 Å². The van der Waals surface area contributed by atoms with Crippen LogP contribution in [0.5, 0.6) is 11.5 Å². The van der Waals surface area contributed by atoms with Crippen LogP contribution >= 0.6 is 0 Å². The van der Waals surface area contributed by atoms with E-state index in [4.69, 9.17) is 13.9 Å². The molecule has 0 saturated carbocycles. The van der Waals surface area contributed by atoms with Gasteiger partial charge in [-0.05, 0) is 24.3 Å². The van der Waals surface area contributed by atoms with Gasteiger partial charge in [0.15, 0.2) is 0 Å². The van der Waals surface area contributed by atoms with Crippen molar-refractivity contribution in [1.29, 1.82) is 0 Å². The van der Waals surface area contributed by atoms with Gasteiger partial charge in [-0.25, -0.2) is 0 Å². The summed E-state index contributed by atoms with van der Waals surface area (Å²) in [6.07, 6.45) is 0.675. The molecule has 4 rings (SSSR count). The molecule has 162 valence electrons. The number of carbonyl (C=O) groups excluding carboxylic acids is 1. The molecule has 2 heterocycles. The highest BCUT2D eigenvalue weighted by molar-refractivity contribution is 5.99. The van der Waals surface area contributed by atoms with Crippen molar-refractivity contribution in [3.8, 4) is 23.0 Å². The lowest BCUT2D eigenvalue weighted by molar-refractivity contribution is 0.0630. The Hall–Kier alpha value is -3.39. The number of carbonyl (C=O) groups is 1. The zero-order valence-electron chi connectivity index (χ0n) is 17.8. The lowest BCUT2D eigenvalue weighted by Gasteiger charge is -2.34. The minimum atomic E-state index is -0.0710. The highest BCUT2D eigenvalue weighted by Crippen LogP contribution is 2.30. The van der Waals surface area contributed by atoms with Crippen LogP contribution in [0.3, 0.4) is 0 Å². The van der Waals surface area contributed by atoms with Gasteiger partial charge in [-0.15, -0.1) is 10.2 Å². The number of hydrogen-bond acceptors (Lipinski definition) is 7. The van der Waals surface area contributed by atoms with Crippen molar-refractivity contribution in [3.05, 3.63) is 60.0 Å². The number of rotatable bonds is 7. The van der Waals surface area contributed by atoms with Crippen molar-refractivity contribution in [2.75, 3.05) is 46.9 Å². The molecule has 0 aliphatic carbocycles. The second kappa shape index (κ2) is 9.61. The quantitative estimate of drug-likeness (QED) is 0.579. The van der Waals surface area contributed by atoms with Crippen molar-refractivity contribution in [2.45, 2.75) is 6.42 Å². The predicted molar refractivity (Wildman–Crippen MR) is 115 cm³/mol. The molecule has 1 aliphatic rings. The smallest absolute Gasteiger partial charge is 0.261 e. The van der Waals surface area contributed by atoms with E-state index in [-0.39, 0.29) is 5.91 Å². The Morgan fingerprint density at radius 1 is 0.935 bits per heavy atom. The van der Waals surface area contributed by atoms with Crippen LogP contribution in [0.15, 0.2) is 52.9 Å². The van der Waals surface area contributed by atoms with Gasteiger partial charge >= 0.3 is 0 Å². The van der Waals surface area contributed by atoms with Gasteiger partial charge in [-0.3, -0.25) is 9.69 Å².